The average Bonchev–Trinajstić information content (AvgIpc) is 3.10. The van der Waals surface area contributed by atoms with Crippen LogP contribution in [0.4, 0.5) is 14.6 Å². The van der Waals surface area contributed by atoms with Crippen LogP contribution in [0.2, 0.25) is 0 Å². The van der Waals surface area contributed by atoms with Crippen molar-refractivity contribution >= 4 is 11.7 Å². The second-order valence-corrected chi connectivity index (χ2v) is 6.20. The van der Waals surface area contributed by atoms with E-state index in [1.54, 1.807) is 0 Å². The Morgan fingerprint density at radius 2 is 2.00 bits per heavy atom. The molecule has 0 spiro atoms. The van der Waals surface area contributed by atoms with Gasteiger partial charge in [0.15, 0.2) is 11.6 Å². The first kappa shape index (κ1) is 19.5. The molecule has 3 rings (SSSR count). The van der Waals surface area contributed by atoms with Gasteiger partial charge in [0.1, 0.15) is 17.1 Å². The molecule has 146 valence electrons. The van der Waals surface area contributed by atoms with Crippen molar-refractivity contribution in [2.45, 2.75) is 13.5 Å². The molecule has 28 heavy (non-hydrogen) atoms. The van der Waals surface area contributed by atoms with Crippen molar-refractivity contribution in [1.82, 2.24) is 14.8 Å². The van der Waals surface area contributed by atoms with Gasteiger partial charge in [0.25, 0.3) is 5.91 Å². The normalized spacial score (nSPS) is 10.8. The van der Waals surface area contributed by atoms with E-state index in [9.17, 15) is 13.6 Å². The Labute approximate surface area is 161 Å². The number of anilines is 1. The molecule has 0 aliphatic heterocycles. The maximum atomic E-state index is 14.2. The number of amides is 1. The van der Waals surface area contributed by atoms with Crippen molar-refractivity contribution in [3.8, 4) is 5.69 Å². The zero-order chi connectivity index (χ0) is 20.3. The molecule has 3 aromatic rings. The van der Waals surface area contributed by atoms with Gasteiger partial charge in [-0.1, -0.05) is 24.3 Å². The SMILES string of the molecule is CON(C)C(=O)c1cn(-c2ccc(F)cc2F)nc1NCc1ccccc1C. The van der Waals surface area contributed by atoms with Crippen molar-refractivity contribution in [2.24, 2.45) is 0 Å². The van der Waals surface area contributed by atoms with E-state index in [-0.39, 0.29) is 17.1 Å². The highest BCUT2D eigenvalue weighted by atomic mass is 19.1. The van der Waals surface area contributed by atoms with Gasteiger partial charge in [-0.25, -0.2) is 18.5 Å². The molecular weight excluding hydrogens is 366 g/mol. The number of carbonyl (C=O) groups excluding carboxylic acids is 1. The van der Waals surface area contributed by atoms with Crippen molar-refractivity contribution in [3.05, 3.63) is 77.0 Å². The molecule has 0 aliphatic carbocycles. The van der Waals surface area contributed by atoms with Gasteiger partial charge in [-0.05, 0) is 30.2 Å². The first-order valence-electron chi connectivity index (χ1n) is 8.56. The number of hydrogen-bond donors (Lipinski definition) is 1. The van der Waals surface area contributed by atoms with E-state index in [2.05, 4.69) is 10.4 Å². The van der Waals surface area contributed by atoms with Crippen molar-refractivity contribution < 1.29 is 18.4 Å². The third-order valence-corrected chi connectivity index (χ3v) is 4.37. The summed E-state index contributed by atoms with van der Waals surface area (Å²) in [6, 6.07) is 10.9. The van der Waals surface area contributed by atoms with E-state index >= 15 is 0 Å². The number of benzene rings is 2. The van der Waals surface area contributed by atoms with Crippen molar-refractivity contribution in [1.29, 1.82) is 0 Å². The maximum Gasteiger partial charge on any atom is 0.282 e. The molecule has 1 heterocycles. The number of hydroxylamine groups is 2. The van der Waals surface area contributed by atoms with Gasteiger partial charge in [0.2, 0.25) is 0 Å². The van der Waals surface area contributed by atoms with Gasteiger partial charge >= 0.3 is 0 Å². The Kier molecular flexibility index (Phi) is 5.70. The minimum Gasteiger partial charge on any atom is -0.364 e. The summed E-state index contributed by atoms with van der Waals surface area (Å²) >= 11 is 0. The van der Waals surface area contributed by atoms with Gasteiger partial charge < -0.3 is 5.32 Å². The number of halogens is 2. The third-order valence-electron chi connectivity index (χ3n) is 4.37. The second kappa shape index (κ2) is 8.18. The Balaban J connectivity index is 1.98. The number of carbonyl (C=O) groups is 1. The molecule has 0 radical (unpaired) electrons. The Bertz CT molecular complexity index is 1000. The molecule has 6 nitrogen and oxygen atoms in total. The first-order valence-corrected chi connectivity index (χ1v) is 8.56. The summed E-state index contributed by atoms with van der Waals surface area (Å²) in [5.74, 6) is -1.67. The van der Waals surface area contributed by atoms with E-state index < -0.39 is 17.5 Å². The molecule has 0 saturated heterocycles. The van der Waals surface area contributed by atoms with E-state index in [1.807, 2.05) is 31.2 Å². The van der Waals surface area contributed by atoms with Crippen LogP contribution in [0.25, 0.3) is 5.69 Å². The smallest absolute Gasteiger partial charge is 0.282 e. The molecular formula is C20H20F2N4O2. The van der Waals surface area contributed by atoms with Crippen LogP contribution in [0.5, 0.6) is 0 Å². The Morgan fingerprint density at radius 1 is 1.25 bits per heavy atom. The number of aromatic nitrogens is 2. The monoisotopic (exact) mass is 386 g/mol. The average molecular weight is 386 g/mol. The molecule has 0 atom stereocenters. The number of hydrogen-bond acceptors (Lipinski definition) is 4. The van der Waals surface area contributed by atoms with E-state index in [0.29, 0.717) is 6.54 Å². The molecule has 0 saturated carbocycles. The molecule has 2 aromatic carbocycles. The lowest BCUT2D eigenvalue weighted by Gasteiger charge is -2.14. The zero-order valence-electron chi connectivity index (χ0n) is 15.7. The molecule has 0 bridgehead atoms. The molecule has 1 N–H and O–H groups in total. The number of rotatable bonds is 6. The van der Waals surface area contributed by atoms with Crippen LogP contribution in [0.1, 0.15) is 21.5 Å². The van der Waals surface area contributed by atoms with Crippen LogP contribution in [-0.2, 0) is 11.4 Å². The van der Waals surface area contributed by atoms with E-state index in [0.717, 1.165) is 28.3 Å². The van der Waals surface area contributed by atoms with Crippen molar-refractivity contribution in [2.75, 3.05) is 19.5 Å². The third kappa shape index (κ3) is 4.01. The van der Waals surface area contributed by atoms with Gasteiger partial charge in [0.05, 0.1) is 7.11 Å². The highest BCUT2D eigenvalue weighted by Crippen LogP contribution is 2.22. The van der Waals surface area contributed by atoms with Crippen LogP contribution in [0, 0.1) is 18.6 Å². The fourth-order valence-corrected chi connectivity index (χ4v) is 2.69. The predicted molar refractivity (Wildman–Crippen MR) is 101 cm³/mol. The van der Waals surface area contributed by atoms with E-state index in [4.69, 9.17) is 4.84 Å². The molecule has 0 aliphatic rings. The summed E-state index contributed by atoms with van der Waals surface area (Å²) in [6.07, 6.45) is 1.38. The fraction of sp³-hybridized carbons (Fsp3) is 0.200. The topological polar surface area (TPSA) is 59.4 Å². The summed E-state index contributed by atoms with van der Waals surface area (Å²) in [6.45, 7) is 2.40. The lowest BCUT2D eigenvalue weighted by Crippen LogP contribution is -2.25. The number of nitrogens with one attached hydrogen (secondary N) is 1. The van der Waals surface area contributed by atoms with Crippen LogP contribution in [-0.4, -0.2) is 34.9 Å². The highest BCUT2D eigenvalue weighted by Gasteiger charge is 2.22. The summed E-state index contributed by atoms with van der Waals surface area (Å²) < 4.78 is 28.6. The van der Waals surface area contributed by atoms with Crippen LogP contribution in [0.3, 0.4) is 0 Å². The lowest BCUT2D eigenvalue weighted by atomic mass is 10.1. The van der Waals surface area contributed by atoms with Gasteiger partial charge in [-0.15, -0.1) is 5.10 Å². The second-order valence-electron chi connectivity index (χ2n) is 6.20. The largest absolute Gasteiger partial charge is 0.364 e. The zero-order valence-corrected chi connectivity index (χ0v) is 15.7. The molecule has 0 fully saturated rings. The predicted octanol–water partition coefficient (Wildman–Crippen LogP) is 3.70. The van der Waals surface area contributed by atoms with Crippen LogP contribution < -0.4 is 5.32 Å². The van der Waals surface area contributed by atoms with Gasteiger partial charge in [-0.2, -0.15) is 0 Å². The fourth-order valence-electron chi connectivity index (χ4n) is 2.69. The highest BCUT2D eigenvalue weighted by molar-refractivity contribution is 5.98. The Morgan fingerprint density at radius 3 is 2.68 bits per heavy atom. The minimum atomic E-state index is -0.785. The van der Waals surface area contributed by atoms with Crippen LogP contribution >= 0.6 is 0 Å². The molecule has 0 unspecified atom stereocenters. The van der Waals surface area contributed by atoms with Gasteiger partial charge in [0, 0.05) is 25.9 Å². The standard InChI is InChI=1S/C20H20F2N4O2/c1-13-6-4-5-7-14(13)11-23-19-16(20(27)25(2)28-3)12-26(24-19)18-9-8-15(21)10-17(18)22/h4-10,12H,11H2,1-3H3,(H,23,24). The number of nitrogens with zero attached hydrogens (tertiary/aromatic N) is 3. The number of aryl methyl sites for hydroxylation is 1. The maximum absolute atomic E-state index is 14.2. The summed E-state index contributed by atoms with van der Waals surface area (Å²) in [5.41, 5.74) is 2.34. The molecule has 1 aromatic heterocycles. The summed E-state index contributed by atoms with van der Waals surface area (Å²) in [7, 11) is 2.83. The lowest BCUT2D eigenvalue weighted by molar-refractivity contribution is -0.0756. The van der Waals surface area contributed by atoms with Gasteiger partial charge in [-0.3, -0.25) is 9.63 Å². The minimum absolute atomic E-state index is 0.0273. The Hall–Kier alpha value is -3.26. The van der Waals surface area contributed by atoms with Crippen LogP contribution in [0.15, 0.2) is 48.7 Å². The molecule has 8 heteroatoms. The summed E-state index contributed by atoms with van der Waals surface area (Å²) in [4.78, 5) is 17.6. The quantitative estimate of drug-likeness (QED) is 0.657. The molecule has 1 amide bonds. The summed E-state index contributed by atoms with van der Waals surface area (Å²) in [5, 5.41) is 8.46. The first-order chi connectivity index (χ1) is 13.4. The van der Waals surface area contributed by atoms with Crippen molar-refractivity contribution in [3.63, 3.8) is 0 Å². The van der Waals surface area contributed by atoms with E-state index in [1.165, 1.54) is 31.1 Å².